The Bertz CT molecular complexity index is 919. The van der Waals surface area contributed by atoms with Crippen molar-refractivity contribution in [2.24, 2.45) is 16.3 Å². The molecular weight excluding hydrogens is 390 g/mol. The van der Waals surface area contributed by atoms with Crippen LogP contribution in [0, 0.1) is 11.3 Å². The average molecular weight is 424 g/mol. The lowest BCUT2D eigenvalue weighted by atomic mass is 9.63. The average Bonchev–Trinajstić information content (AvgIpc) is 3.24. The van der Waals surface area contributed by atoms with Crippen molar-refractivity contribution in [2.45, 2.75) is 71.8 Å². The van der Waals surface area contributed by atoms with Gasteiger partial charge in [-0.25, -0.2) is 4.79 Å². The molecule has 0 spiro atoms. The van der Waals surface area contributed by atoms with Crippen LogP contribution >= 0.6 is 0 Å². The van der Waals surface area contributed by atoms with Gasteiger partial charge in [0.2, 0.25) is 0 Å². The Kier molecular flexibility index (Phi) is 6.16. The lowest BCUT2D eigenvalue weighted by Crippen LogP contribution is -2.44. The van der Waals surface area contributed by atoms with E-state index in [1.54, 1.807) is 0 Å². The van der Waals surface area contributed by atoms with Crippen molar-refractivity contribution in [3.63, 3.8) is 0 Å². The zero-order valence-corrected chi connectivity index (χ0v) is 19.1. The first kappa shape index (κ1) is 21.9. The summed E-state index contributed by atoms with van der Waals surface area (Å²) in [6, 6.07) is 8.28. The lowest BCUT2D eigenvalue weighted by Gasteiger charge is -2.41. The van der Waals surface area contributed by atoms with E-state index in [2.05, 4.69) is 45.0 Å². The Labute approximate surface area is 184 Å². The minimum atomic E-state index is -0.394. The standard InChI is InChI=1S/C26H33NO4/c1-5-17-8-10-18(11-9-17)23-22(25(29)31-15-19-7-6-12-30-19)16(2)27-20-13-26(3,4)14-21(28)24(20)23/h8-11,19,23-24H,5-7,12-15H2,1-4H3/t19-,23+,24?/m0/s1. The molecule has 2 aliphatic heterocycles. The van der Waals surface area contributed by atoms with Crippen LogP contribution in [0.1, 0.15) is 70.4 Å². The van der Waals surface area contributed by atoms with Gasteiger partial charge in [0.05, 0.1) is 17.6 Å². The van der Waals surface area contributed by atoms with Gasteiger partial charge in [-0.15, -0.1) is 0 Å². The molecule has 2 heterocycles. The van der Waals surface area contributed by atoms with E-state index in [0.717, 1.165) is 43.6 Å². The van der Waals surface area contributed by atoms with Crippen LogP contribution < -0.4 is 0 Å². The molecule has 0 amide bonds. The van der Waals surface area contributed by atoms with E-state index in [1.807, 2.05) is 6.92 Å². The molecule has 0 N–H and O–H groups in total. The number of ketones is 1. The highest BCUT2D eigenvalue weighted by Gasteiger charge is 2.47. The van der Waals surface area contributed by atoms with Crippen molar-refractivity contribution < 1.29 is 19.1 Å². The second-order valence-electron chi connectivity index (χ2n) is 9.87. The first-order valence-corrected chi connectivity index (χ1v) is 11.5. The number of carbonyl (C=O) groups is 2. The van der Waals surface area contributed by atoms with E-state index in [-0.39, 0.29) is 35.8 Å². The van der Waals surface area contributed by atoms with Crippen LogP contribution in [0.2, 0.25) is 0 Å². The smallest absolute Gasteiger partial charge is 0.336 e. The van der Waals surface area contributed by atoms with Crippen molar-refractivity contribution in [3.8, 4) is 0 Å². The number of Topliss-reactive ketones (excluding diaryl/α,β-unsaturated/α-hetero) is 1. The second-order valence-corrected chi connectivity index (χ2v) is 9.87. The maximum atomic E-state index is 13.3. The van der Waals surface area contributed by atoms with Gasteiger partial charge in [-0.05, 0) is 49.1 Å². The van der Waals surface area contributed by atoms with Crippen molar-refractivity contribution in [3.05, 3.63) is 46.7 Å². The highest BCUT2D eigenvalue weighted by Crippen LogP contribution is 2.47. The first-order chi connectivity index (χ1) is 14.8. The van der Waals surface area contributed by atoms with Crippen LogP contribution in [0.25, 0.3) is 0 Å². The number of allylic oxidation sites excluding steroid dienone is 1. The monoisotopic (exact) mass is 423 g/mol. The van der Waals surface area contributed by atoms with Gasteiger partial charge in [-0.2, -0.15) is 0 Å². The fourth-order valence-electron chi connectivity index (χ4n) is 5.20. The summed E-state index contributed by atoms with van der Waals surface area (Å²) in [6.07, 6.45) is 4.08. The maximum absolute atomic E-state index is 13.3. The Morgan fingerprint density at radius 1 is 1.19 bits per heavy atom. The molecule has 0 aromatic heterocycles. The molecule has 0 bridgehead atoms. The number of aryl methyl sites for hydroxylation is 1. The van der Waals surface area contributed by atoms with Crippen LogP contribution in [-0.4, -0.2) is 36.8 Å². The van der Waals surface area contributed by atoms with Crippen molar-refractivity contribution in [1.82, 2.24) is 0 Å². The fourth-order valence-corrected chi connectivity index (χ4v) is 5.20. The zero-order chi connectivity index (χ0) is 22.2. The molecule has 3 aliphatic rings. The minimum absolute atomic E-state index is 0.0353. The van der Waals surface area contributed by atoms with Crippen molar-refractivity contribution in [2.75, 3.05) is 13.2 Å². The first-order valence-electron chi connectivity index (χ1n) is 11.5. The summed E-state index contributed by atoms with van der Waals surface area (Å²) < 4.78 is 11.3. The van der Waals surface area contributed by atoms with Gasteiger partial charge < -0.3 is 9.47 Å². The summed E-state index contributed by atoms with van der Waals surface area (Å²) in [7, 11) is 0. The van der Waals surface area contributed by atoms with Gasteiger partial charge in [-0.1, -0.05) is 45.0 Å². The van der Waals surface area contributed by atoms with Crippen molar-refractivity contribution >= 4 is 17.5 Å². The van der Waals surface area contributed by atoms with Crippen LogP contribution in [-0.2, 0) is 25.5 Å². The summed E-state index contributed by atoms with van der Waals surface area (Å²) in [5, 5.41) is 0. The third-order valence-electron chi connectivity index (χ3n) is 6.76. The summed E-state index contributed by atoms with van der Waals surface area (Å²) in [4.78, 5) is 31.4. The number of aliphatic imine (C=N–C) groups is 1. The molecule has 3 atom stereocenters. The van der Waals surface area contributed by atoms with Crippen LogP contribution in [0.5, 0.6) is 0 Å². The molecule has 1 unspecified atom stereocenters. The number of hydrogen-bond donors (Lipinski definition) is 0. The molecule has 2 fully saturated rings. The molecule has 1 saturated heterocycles. The molecule has 166 valence electrons. The predicted octanol–water partition coefficient (Wildman–Crippen LogP) is 4.79. The number of rotatable bonds is 5. The molecule has 1 aromatic carbocycles. The van der Waals surface area contributed by atoms with E-state index >= 15 is 0 Å². The van der Waals surface area contributed by atoms with Gasteiger partial charge in [0.25, 0.3) is 0 Å². The molecule has 1 saturated carbocycles. The zero-order valence-electron chi connectivity index (χ0n) is 19.1. The number of carbonyl (C=O) groups excluding carboxylic acids is 2. The molecule has 4 rings (SSSR count). The molecule has 31 heavy (non-hydrogen) atoms. The summed E-state index contributed by atoms with van der Waals surface area (Å²) in [5.41, 5.74) is 4.18. The van der Waals surface area contributed by atoms with Gasteiger partial charge in [-0.3, -0.25) is 9.79 Å². The molecule has 1 aliphatic carbocycles. The van der Waals surface area contributed by atoms with Crippen LogP contribution in [0.15, 0.2) is 40.5 Å². The van der Waals surface area contributed by atoms with E-state index in [4.69, 9.17) is 14.5 Å². The van der Waals surface area contributed by atoms with E-state index in [1.165, 1.54) is 5.56 Å². The van der Waals surface area contributed by atoms with Gasteiger partial charge >= 0.3 is 5.97 Å². The number of hydrogen-bond acceptors (Lipinski definition) is 5. The Hall–Kier alpha value is -2.27. The highest BCUT2D eigenvalue weighted by molar-refractivity contribution is 6.12. The second kappa shape index (κ2) is 8.70. The van der Waals surface area contributed by atoms with E-state index in [0.29, 0.717) is 17.7 Å². The quantitative estimate of drug-likeness (QED) is 0.639. The highest BCUT2D eigenvalue weighted by atomic mass is 16.6. The van der Waals surface area contributed by atoms with Crippen LogP contribution in [0.4, 0.5) is 0 Å². The van der Waals surface area contributed by atoms with Crippen molar-refractivity contribution in [1.29, 1.82) is 0 Å². The fraction of sp³-hybridized carbons (Fsp3) is 0.577. The number of benzene rings is 1. The molecule has 5 heteroatoms. The van der Waals surface area contributed by atoms with Gasteiger partial charge in [0, 0.05) is 30.4 Å². The molecule has 5 nitrogen and oxygen atoms in total. The molecule has 0 radical (unpaired) electrons. The Balaban J connectivity index is 1.71. The third-order valence-corrected chi connectivity index (χ3v) is 6.76. The summed E-state index contributed by atoms with van der Waals surface area (Å²) in [5.74, 6) is -0.956. The largest absolute Gasteiger partial charge is 0.460 e. The molecule has 1 aromatic rings. The van der Waals surface area contributed by atoms with Crippen LogP contribution in [0.3, 0.4) is 0 Å². The van der Waals surface area contributed by atoms with E-state index < -0.39 is 5.92 Å². The number of esters is 1. The molecular formula is C26H33NO4. The Morgan fingerprint density at radius 3 is 2.58 bits per heavy atom. The van der Waals surface area contributed by atoms with Gasteiger partial charge in [0.1, 0.15) is 12.4 Å². The van der Waals surface area contributed by atoms with Gasteiger partial charge in [0.15, 0.2) is 0 Å². The number of fused-ring (bicyclic) bond motifs is 1. The SMILES string of the molecule is CCc1ccc([C@@H]2C(C(=O)OC[C@@H]3CCCO3)=C(C)N=C3CC(C)(C)CC(=O)C32)cc1. The number of nitrogens with zero attached hydrogens (tertiary/aromatic N) is 1. The summed E-state index contributed by atoms with van der Waals surface area (Å²) in [6.45, 7) is 9.17. The maximum Gasteiger partial charge on any atom is 0.336 e. The summed E-state index contributed by atoms with van der Waals surface area (Å²) >= 11 is 0. The number of ether oxygens (including phenoxy) is 2. The minimum Gasteiger partial charge on any atom is -0.460 e. The predicted molar refractivity (Wildman–Crippen MR) is 120 cm³/mol. The Morgan fingerprint density at radius 2 is 1.94 bits per heavy atom. The van der Waals surface area contributed by atoms with E-state index in [9.17, 15) is 9.59 Å². The third kappa shape index (κ3) is 4.52. The normalized spacial score (nSPS) is 27.7. The lowest BCUT2D eigenvalue weighted by molar-refractivity contribution is -0.142. The topological polar surface area (TPSA) is 65.0 Å².